The SMILES string of the molecule is CCC(O)CCNc1cc(Br)cc(C#N)c1. The fourth-order valence-corrected chi connectivity index (χ4v) is 1.84. The first-order valence-corrected chi connectivity index (χ1v) is 6.07. The molecule has 0 aliphatic carbocycles. The maximum Gasteiger partial charge on any atom is 0.0992 e. The number of nitrogens with one attached hydrogen (secondary N) is 1. The van der Waals surface area contributed by atoms with Gasteiger partial charge in [0, 0.05) is 16.7 Å². The summed E-state index contributed by atoms with van der Waals surface area (Å²) in [6.45, 7) is 2.66. The maximum absolute atomic E-state index is 9.39. The number of benzene rings is 1. The highest BCUT2D eigenvalue weighted by Crippen LogP contribution is 2.19. The molecule has 4 heteroatoms. The van der Waals surface area contributed by atoms with E-state index in [0.29, 0.717) is 18.5 Å². The van der Waals surface area contributed by atoms with Crippen molar-refractivity contribution < 1.29 is 5.11 Å². The summed E-state index contributed by atoms with van der Waals surface area (Å²) in [5, 5.41) is 21.4. The first-order chi connectivity index (χ1) is 7.65. The molecule has 0 saturated carbocycles. The van der Waals surface area contributed by atoms with Crippen LogP contribution in [-0.2, 0) is 0 Å². The standard InChI is InChI=1S/C12H15BrN2O/c1-2-12(16)3-4-15-11-6-9(8-14)5-10(13)7-11/h5-7,12,15-16H,2-4H2,1H3. The number of aliphatic hydroxyl groups excluding tert-OH is 1. The van der Waals surface area contributed by atoms with Crippen molar-refractivity contribution in [1.82, 2.24) is 0 Å². The average molecular weight is 283 g/mol. The summed E-state index contributed by atoms with van der Waals surface area (Å²) in [5.41, 5.74) is 1.52. The second kappa shape index (κ2) is 6.51. The molecular weight excluding hydrogens is 268 g/mol. The summed E-state index contributed by atoms with van der Waals surface area (Å²) < 4.78 is 0.880. The molecule has 16 heavy (non-hydrogen) atoms. The number of halogens is 1. The predicted molar refractivity (Wildman–Crippen MR) is 68.3 cm³/mol. The Kier molecular flexibility index (Phi) is 5.30. The van der Waals surface area contributed by atoms with Gasteiger partial charge in [-0.05, 0) is 31.0 Å². The molecule has 1 atom stereocenters. The lowest BCUT2D eigenvalue weighted by Gasteiger charge is -2.10. The van der Waals surface area contributed by atoms with Crippen molar-refractivity contribution >= 4 is 21.6 Å². The Morgan fingerprint density at radius 1 is 1.50 bits per heavy atom. The van der Waals surface area contributed by atoms with Crippen molar-refractivity contribution in [3.63, 3.8) is 0 Å². The smallest absolute Gasteiger partial charge is 0.0992 e. The Bertz CT molecular complexity index is 387. The van der Waals surface area contributed by atoms with Gasteiger partial charge < -0.3 is 10.4 Å². The number of aliphatic hydroxyl groups is 1. The van der Waals surface area contributed by atoms with Crippen LogP contribution in [0.3, 0.4) is 0 Å². The zero-order valence-corrected chi connectivity index (χ0v) is 10.8. The summed E-state index contributed by atoms with van der Waals surface area (Å²) in [5.74, 6) is 0. The minimum atomic E-state index is -0.255. The van der Waals surface area contributed by atoms with Gasteiger partial charge in [0.2, 0.25) is 0 Å². The average Bonchev–Trinajstić information content (AvgIpc) is 2.28. The molecular formula is C12H15BrN2O. The van der Waals surface area contributed by atoms with Gasteiger partial charge in [0.15, 0.2) is 0 Å². The van der Waals surface area contributed by atoms with Gasteiger partial charge in [0.1, 0.15) is 0 Å². The lowest BCUT2D eigenvalue weighted by Crippen LogP contribution is -2.12. The molecule has 1 aromatic rings. The molecule has 1 aromatic carbocycles. The number of anilines is 1. The monoisotopic (exact) mass is 282 g/mol. The van der Waals surface area contributed by atoms with Gasteiger partial charge in [0.25, 0.3) is 0 Å². The van der Waals surface area contributed by atoms with Crippen LogP contribution in [0.15, 0.2) is 22.7 Å². The van der Waals surface area contributed by atoms with E-state index in [1.807, 2.05) is 13.0 Å². The third-order valence-corrected chi connectivity index (χ3v) is 2.76. The molecule has 2 N–H and O–H groups in total. The number of rotatable bonds is 5. The van der Waals surface area contributed by atoms with E-state index >= 15 is 0 Å². The molecule has 0 amide bonds. The minimum absolute atomic E-state index is 0.255. The number of nitriles is 1. The van der Waals surface area contributed by atoms with E-state index in [1.165, 1.54) is 0 Å². The first-order valence-electron chi connectivity index (χ1n) is 5.28. The third kappa shape index (κ3) is 4.21. The lowest BCUT2D eigenvalue weighted by molar-refractivity contribution is 0.164. The van der Waals surface area contributed by atoms with Gasteiger partial charge >= 0.3 is 0 Å². The van der Waals surface area contributed by atoms with Crippen LogP contribution < -0.4 is 5.32 Å². The fourth-order valence-electron chi connectivity index (χ4n) is 1.34. The molecule has 0 heterocycles. The summed E-state index contributed by atoms with van der Waals surface area (Å²) in [4.78, 5) is 0. The van der Waals surface area contributed by atoms with Crippen molar-refractivity contribution in [2.75, 3.05) is 11.9 Å². The Labute approximate surface area is 104 Å². The van der Waals surface area contributed by atoms with Crippen LogP contribution in [0, 0.1) is 11.3 Å². The topological polar surface area (TPSA) is 56.0 Å². The Balaban J connectivity index is 2.54. The van der Waals surface area contributed by atoms with Gasteiger partial charge in [-0.25, -0.2) is 0 Å². The van der Waals surface area contributed by atoms with Gasteiger partial charge in [-0.1, -0.05) is 22.9 Å². The maximum atomic E-state index is 9.39. The van der Waals surface area contributed by atoms with Crippen molar-refractivity contribution in [2.24, 2.45) is 0 Å². The largest absolute Gasteiger partial charge is 0.393 e. The highest BCUT2D eigenvalue weighted by atomic mass is 79.9. The lowest BCUT2D eigenvalue weighted by atomic mass is 10.2. The number of hydrogen-bond donors (Lipinski definition) is 2. The van der Waals surface area contributed by atoms with E-state index in [2.05, 4.69) is 27.3 Å². The molecule has 0 aliphatic heterocycles. The Morgan fingerprint density at radius 2 is 2.25 bits per heavy atom. The zero-order valence-electron chi connectivity index (χ0n) is 9.20. The predicted octanol–water partition coefficient (Wildman–Crippen LogP) is 2.89. The summed E-state index contributed by atoms with van der Waals surface area (Å²) in [6.07, 6.45) is 1.23. The van der Waals surface area contributed by atoms with Crippen molar-refractivity contribution in [3.05, 3.63) is 28.2 Å². The molecule has 0 radical (unpaired) electrons. The van der Waals surface area contributed by atoms with Crippen molar-refractivity contribution in [2.45, 2.75) is 25.9 Å². The van der Waals surface area contributed by atoms with Crippen LogP contribution >= 0.6 is 15.9 Å². The van der Waals surface area contributed by atoms with E-state index in [0.717, 1.165) is 16.6 Å². The van der Waals surface area contributed by atoms with Crippen molar-refractivity contribution in [1.29, 1.82) is 5.26 Å². The van der Waals surface area contributed by atoms with Gasteiger partial charge in [-0.2, -0.15) is 5.26 Å². The second-order valence-electron chi connectivity index (χ2n) is 3.62. The number of nitrogens with zero attached hydrogens (tertiary/aromatic N) is 1. The van der Waals surface area contributed by atoms with Crippen LogP contribution in [0.4, 0.5) is 5.69 Å². The summed E-state index contributed by atoms with van der Waals surface area (Å²) in [6, 6.07) is 7.58. The van der Waals surface area contributed by atoms with E-state index in [-0.39, 0.29) is 6.10 Å². The molecule has 0 fully saturated rings. The quantitative estimate of drug-likeness (QED) is 0.873. The van der Waals surface area contributed by atoms with E-state index in [9.17, 15) is 5.11 Å². The van der Waals surface area contributed by atoms with Gasteiger partial charge in [-0.3, -0.25) is 0 Å². The molecule has 0 aliphatic rings. The molecule has 86 valence electrons. The third-order valence-electron chi connectivity index (χ3n) is 2.30. The molecule has 1 rings (SSSR count). The number of hydrogen-bond acceptors (Lipinski definition) is 3. The van der Waals surface area contributed by atoms with E-state index in [1.54, 1.807) is 12.1 Å². The summed E-state index contributed by atoms with van der Waals surface area (Å²) >= 11 is 3.35. The van der Waals surface area contributed by atoms with E-state index in [4.69, 9.17) is 5.26 Å². The Hall–Kier alpha value is -1.05. The highest BCUT2D eigenvalue weighted by Gasteiger charge is 2.01. The van der Waals surface area contributed by atoms with Crippen LogP contribution in [0.25, 0.3) is 0 Å². The molecule has 0 saturated heterocycles. The highest BCUT2D eigenvalue weighted by molar-refractivity contribution is 9.10. The zero-order chi connectivity index (χ0) is 12.0. The molecule has 3 nitrogen and oxygen atoms in total. The molecule has 0 spiro atoms. The molecule has 0 bridgehead atoms. The van der Waals surface area contributed by atoms with Crippen LogP contribution in [0.2, 0.25) is 0 Å². The van der Waals surface area contributed by atoms with E-state index < -0.39 is 0 Å². The van der Waals surface area contributed by atoms with Gasteiger partial charge in [-0.15, -0.1) is 0 Å². The summed E-state index contributed by atoms with van der Waals surface area (Å²) in [7, 11) is 0. The second-order valence-corrected chi connectivity index (χ2v) is 4.53. The normalized spacial score (nSPS) is 11.9. The Morgan fingerprint density at radius 3 is 2.88 bits per heavy atom. The first kappa shape index (κ1) is 13.0. The van der Waals surface area contributed by atoms with Gasteiger partial charge in [0.05, 0.1) is 17.7 Å². The van der Waals surface area contributed by atoms with Crippen LogP contribution in [-0.4, -0.2) is 17.8 Å². The van der Waals surface area contributed by atoms with Crippen LogP contribution in [0.1, 0.15) is 25.3 Å². The molecule has 1 unspecified atom stereocenters. The van der Waals surface area contributed by atoms with Crippen LogP contribution in [0.5, 0.6) is 0 Å². The van der Waals surface area contributed by atoms with Crippen molar-refractivity contribution in [3.8, 4) is 6.07 Å². The minimum Gasteiger partial charge on any atom is -0.393 e. The molecule has 0 aromatic heterocycles. The fraction of sp³-hybridized carbons (Fsp3) is 0.417.